The summed E-state index contributed by atoms with van der Waals surface area (Å²) in [6.45, 7) is 0.743. The van der Waals surface area contributed by atoms with Gasteiger partial charge in [-0.3, -0.25) is 0 Å². The number of hydrogen-bond donors (Lipinski definition) is 3. The van der Waals surface area contributed by atoms with Crippen molar-refractivity contribution in [1.29, 1.82) is 0 Å². The van der Waals surface area contributed by atoms with Gasteiger partial charge < -0.3 is 15.2 Å². The molecule has 2 rings (SSSR count). The number of nitrogens with one attached hydrogen (secondary N) is 1. The first-order valence-electron chi connectivity index (χ1n) is 9.67. The zero-order valence-corrected chi connectivity index (χ0v) is 18.6. The molecule has 0 aromatic heterocycles. The van der Waals surface area contributed by atoms with Crippen molar-refractivity contribution >= 4 is 25.5 Å². The second-order valence-electron chi connectivity index (χ2n) is 6.83. The molecule has 8 nitrogen and oxygen atoms in total. The number of sulfone groups is 1. The van der Waals surface area contributed by atoms with Crippen molar-refractivity contribution in [3.05, 3.63) is 35.9 Å². The standard InChI is InChI=1S/C19H26F2N2O6S2/c1-2-29-17-15(21)18(31(22,27)28)14(20)16(19(17)30(25,26)12-8-11-24)23-13-9-6-4-3-5-7-10-13/h3-4,7,10,13,23-24H,2,5-6,8-9,11-12H2,1H3,(H2,22,27,28)/b4-3+,10-7-/t13-/m0/s1. The summed E-state index contributed by atoms with van der Waals surface area (Å²) in [5.41, 5.74) is -0.731. The molecule has 0 saturated heterocycles. The highest BCUT2D eigenvalue weighted by molar-refractivity contribution is 7.91. The Bertz CT molecular complexity index is 1070. The number of anilines is 1. The summed E-state index contributed by atoms with van der Waals surface area (Å²) in [4.78, 5) is -2.31. The minimum atomic E-state index is -4.89. The molecule has 0 bridgehead atoms. The number of halogens is 2. The van der Waals surface area contributed by atoms with Gasteiger partial charge >= 0.3 is 0 Å². The zero-order valence-electron chi connectivity index (χ0n) is 17.0. The first-order valence-corrected chi connectivity index (χ1v) is 12.9. The van der Waals surface area contributed by atoms with E-state index in [1.165, 1.54) is 6.92 Å². The summed E-state index contributed by atoms with van der Waals surface area (Å²) in [5.74, 6) is -4.92. The average Bonchev–Trinajstić information content (AvgIpc) is 2.64. The van der Waals surface area contributed by atoms with E-state index < -0.39 is 71.1 Å². The zero-order chi connectivity index (χ0) is 23.2. The number of nitrogens with two attached hydrogens (primary N) is 1. The summed E-state index contributed by atoms with van der Waals surface area (Å²) in [5, 5.41) is 16.7. The third-order valence-corrected chi connectivity index (χ3v) is 7.25. The molecule has 0 amide bonds. The number of allylic oxidation sites excluding steroid dienone is 3. The Balaban J connectivity index is 2.82. The molecule has 174 valence electrons. The van der Waals surface area contributed by atoms with Gasteiger partial charge in [0.25, 0.3) is 0 Å². The Labute approximate surface area is 180 Å². The third-order valence-electron chi connectivity index (χ3n) is 4.49. The molecule has 1 atom stereocenters. The smallest absolute Gasteiger partial charge is 0.244 e. The lowest BCUT2D eigenvalue weighted by Crippen LogP contribution is -2.25. The molecule has 0 saturated carbocycles. The second-order valence-corrected chi connectivity index (χ2v) is 10.4. The number of rotatable bonds is 9. The number of aliphatic hydroxyl groups is 1. The first-order chi connectivity index (χ1) is 14.5. The molecule has 1 aliphatic carbocycles. The molecular formula is C19H26F2N2O6S2. The largest absolute Gasteiger partial charge is 0.489 e. The van der Waals surface area contributed by atoms with Crippen molar-refractivity contribution in [3.8, 4) is 5.75 Å². The van der Waals surface area contributed by atoms with Gasteiger partial charge in [0.15, 0.2) is 32.1 Å². The fraction of sp³-hybridized carbons (Fsp3) is 0.474. The monoisotopic (exact) mass is 480 g/mol. The molecule has 0 fully saturated rings. The highest BCUT2D eigenvalue weighted by Gasteiger charge is 2.37. The molecule has 1 aliphatic rings. The first kappa shape index (κ1) is 25.2. The van der Waals surface area contributed by atoms with Crippen LogP contribution in [-0.4, -0.2) is 47.0 Å². The van der Waals surface area contributed by atoms with Crippen molar-refractivity contribution in [2.75, 3.05) is 24.3 Å². The molecule has 31 heavy (non-hydrogen) atoms. The quantitative estimate of drug-likeness (QED) is 0.461. The summed E-state index contributed by atoms with van der Waals surface area (Å²) >= 11 is 0. The highest BCUT2D eigenvalue weighted by Crippen LogP contribution is 2.42. The van der Waals surface area contributed by atoms with Crippen LogP contribution >= 0.6 is 0 Å². The van der Waals surface area contributed by atoms with E-state index in [9.17, 15) is 16.8 Å². The number of sulfonamides is 1. The Kier molecular flexibility index (Phi) is 8.57. The molecule has 1 aromatic carbocycles. The van der Waals surface area contributed by atoms with Crippen LogP contribution in [0.15, 0.2) is 34.1 Å². The van der Waals surface area contributed by atoms with E-state index >= 15 is 8.78 Å². The van der Waals surface area contributed by atoms with Gasteiger partial charge in [0.05, 0.1) is 18.0 Å². The van der Waals surface area contributed by atoms with Gasteiger partial charge in [-0.05, 0) is 32.6 Å². The number of ether oxygens (including phenoxy) is 1. The van der Waals surface area contributed by atoms with Gasteiger partial charge in [-0.2, -0.15) is 0 Å². The van der Waals surface area contributed by atoms with Gasteiger partial charge in [-0.1, -0.05) is 24.3 Å². The van der Waals surface area contributed by atoms with Gasteiger partial charge in [-0.15, -0.1) is 0 Å². The van der Waals surface area contributed by atoms with Crippen molar-refractivity contribution in [1.82, 2.24) is 0 Å². The van der Waals surface area contributed by atoms with E-state index in [1.54, 1.807) is 12.2 Å². The predicted molar refractivity (Wildman–Crippen MR) is 112 cm³/mol. The Morgan fingerprint density at radius 3 is 2.48 bits per heavy atom. The lowest BCUT2D eigenvalue weighted by molar-refractivity contribution is 0.294. The SMILES string of the molecule is CCOc1c(F)c(S(N)(=O)=O)c(F)c(N[C@@H]2/C=C\C/C=C/CC2)c1S(=O)(=O)CCCO. The molecule has 0 spiro atoms. The minimum absolute atomic E-state index is 0.193. The fourth-order valence-corrected chi connectivity index (χ4v) is 5.44. The van der Waals surface area contributed by atoms with E-state index in [2.05, 4.69) is 5.32 Å². The molecule has 12 heteroatoms. The van der Waals surface area contributed by atoms with Crippen LogP contribution in [0.5, 0.6) is 5.75 Å². The topological polar surface area (TPSA) is 136 Å². The molecule has 0 unspecified atom stereocenters. The number of primary sulfonamides is 1. The van der Waals surface area contributed by atoms with Crippen molar-refractivity contribution < 1.29 is 35.5 Å². The minimum Gasteiger partial charge on any atom is -0.489 e. The van der Waals surface area contributed by atoms with Crippen molar-refractivity contribution in [2.45, 2.75) is 48.4 Å². The maximum absolute atomic E-state index is 15.3. The summed E-state index contributed by atoms with van der Waals surface area (Å²) in [7, 11) is -9.28. The van der Waals surface area contributed by atoms with Gasteiger partial charge in [0.1, 0.15) is 4.90 Å². The number of hydrogen-bond acceptors (Lipinski definition) is 7. The second kappa shape index (κ2) is 10.5. The lowest BCUT2D eigenvalue weighted by Gasteiger charge is -2.23. The molecule has 1 aromatic rings. The van der Waals surface area contributed by atoms with Crippen molar-refractivity contribution in [2.24, 2.45) is 5.14 Å². The van der Waals surface area contributed by atoms with Crippen LogP contribution in [-0.2, 0) is 19.9 Å². The van der Waals surface area contributed by atoms with Crippen LogP contribution in [0.1, 0.15) is 32.6 Å². The van der Waals surface area contributed by atoms with Crippen LogP contribution in [0.2, 0.25) is 0 Å². The highest BCUT2D eigenvalue weighted by atomic mass is 32.2. The Morgan fingerprint density at radius 1 is 1.16 bits per heavy atom. The molecular weight excluding hydrogens is 454 g/mol. The third kappa shape index (κ3) is 6.03. The lowest BCUT2D eigenvalue weighted by atomic mass is 10.1. The number of aliphatic hydroxyl groups excluding tert-OH is 1. The summed E-state index contributed by atoms with van der Waals surface area (Å²) in [6, 6.07) is -0.570. The van der Waals surface area contributed by atoms with Crippen LogP contribution in [0.25, 0.3) is 0 Å². The van der Waals surface area contributed by atoms with Crippen LogP contribution in [0.4, 0.5) is 14.5 Å². The summed E-state index contributed by atoms with van der Waals surface area (Å²) in [6.07, 6.45) is 8.75. The molecule has 4 N–H and O–H groups in total. The average molecular weight is 481 g/mol. The van der Waals surface area contributed by atoms with Crippen LogP contribution in [0.3, 0.4) is 0 Å². The van der Waals surface area contributed by atoms with E-state index in [1.807, 2.05) is 12.2 Å². The predicted octanol–water partition coefficient (Wildman–Crippen LogP) is 2.24. The van der Waals surface area contributed by atoms with E-state index in [4.69, 9.17) is 15.0 Å². The Morgan fingerprint density at radius 2 is 1.87 bits per heavy atom. The Hall–Kier alpha value is -2.02. The van der Waals surface area contributed by atoms with Crippen LogP contribution in [0, 0.1) is 11.6 Å². The van der Waals surface area contributed by atoms with E-state index in [-0.39, 0.29) is 13.0 Å². The van der Waals surface area contributed by atoms with E-state index in [0.717, 1.165) is 0 Å². The fourth-order valence-electron chi connectivity index (χ4n) is 3.14. The molecule has 0 aliphatic heterocycles. The normalized spacial score (nSPS) is 19.3. The van der Waals surface area contributed by atoms with Crippen LogP contribution < -0.4 is 15.2 Å². The van der Waals surface area contributed by atoms with E-state index in [0.29, 0.717) is 19.3 Å². The maximum atomic E-state index is 15.3. The summed E-state index contributed by atoms with van der Waals surface area (Å²) < 4.78 is 85.2. The molecule has 0 radical (unpaired) electrons. The van der Waals surface area contributed by atoms with Gasteiger partial charge in [0.2, 0.25) is 10.0 Å². The van der Waals surface area contributed by atoms with Gasteiger partial charge in [-0.25, -0.2) is 30.8 Å². The van der Waals surface area contributed by atoms with Gasteiger partial charge in [0, 0.05) is 12.6 Å². The van der Waals surface area contributed by atoms with Crippen molar-refractivity contribution in [3.63, 3.8) is 0 Å². The molecule has 0 heterocycles. The number of benzene rings is 1. The maximum Gasteiger partial charge on any atom is 0.244 e.